The Morgan fingerprint density at radius 2 is 2.00 bits per heavy atom. The number of H-pyrrole nitrogens is 1. The van der Waals surface area contributed by atoms with Gasteiger partial charge in [0, 0.05) is 11.3 Å². The first-order chi connectivity index (χ1) is 10.3. The molecule has 0 unspecified atom stereocenters. The Bertz CT molecular complexity index is 709. The van der Waals surface area contributed by atoms with Crippen molar-refractivity contribution in [2.45, 2.75) is 64.2 Å². The van der Waals surface area contributed by atoms with Crippen LogP contribution in [-0.2, 0) is 19.3 Å². The standard InChI is InChI=1S/C17H22N2OS/c20-16-15-12-7-4-8-13(12)21-17(15)19-14(18-16)10-9-11-5-2-1-3-6-11/h11H,1-10H2,(H,18,19,20). The fourth-order valence-electron chi connectivity index (χ4n) is 3.98. The van der Waals surface area contributed by atoms with Crippen molar-refractivity contribution in [3.8, 4) is 0 Å². The van der Waals surface area contributed by atoms with Gasteiger partial charge in [-0.25, -0.2) is 4.98 Å². The summed E-state index contributed by atoms with van der Waals surface area (Å²) >= 11 is 1.75. The first-order valence-electron chi connectivity index (χ1n) is 8.34. The summed E-state index contributed by atoms with van der Waals surface area (Å²) < 4.78 is 0. The van der Waals surface area contributed by atoms with E-state index in [1.54, 1.807) is 11.3 Å². The monoisotopic (exact) mass is 302 g/mol. The molecule has 2 aromatic heterocycles. The van der Waals surface area contributed by atoms with Crippen LogP contribution in [0.4, 0.5) is 0 Å². The van der Waals surface area contributed by atoms with Crippen LogP contribution in [0, 0.1) is 5.92 Å². The molecule has 1 fully saturated rings. The lowest BCUT2D eigenvalue weighted by molar-refractivity contribution is 0.337. The average molecular weight is 302 g/mol. The summed E-state index contributed by atoms with van der Waals surface area (Å²) in [5.74, 6) is 1.74. The maximum atomic E-state index is 12.4. The lowest BCUT2D eigenvalue weighted by Crippen LogP contribution is -2.14. The molecule has 0 amide bonds. The Morgan fingerprint density at radius 3 is 2.86 bits per heavy atom. The predicted octanol–water partition coefficient (Wildman–Crippen LogP) is 3.99. The second-order valence-electron chi connectivity index (χ2n) is 6.59. The Kier molecular flexibility index (Phi) is 3.57. The van der Waals surface area contributed by atoms with Crippen LogP contribution in [0.5, 0.6) is 0 Å². The number of aromatic nitrogens is 2. The molecule has 0 spiro atoms. The Morgan fingerprint density at radius 1 is 1.14 bits per heavy atom. The zero-order chi connectivity index (χ0) is 14.2. The third-order valence-corrected chi connectivity index (χ3v) is 6.32. The van der Waals surface area contributed by atoms with E-state index in [0.29, 0.717) is 0 Å². The number of fused-ring (bicyclic) bond motifs is 3. The van der Waals surface area contributed by atoms with Crippen LogP contribution in [0.25, 0.3) is 10.2 Å². The highest BCUT2D eigenvalue weighted by Gasteiger charge is 2.21. The van der Waals surface area contributed by atoms with Crippen molar-refractivity contribution < 1.29 is 0 Å². The van der Waals surface area contributed by atoms with Crippen LogP contribution in [0.3, 0.4) is 0 Å². The van der Waals surface area contributed by atoms with Gasteiger partial charge >= 0.3 is 0 Å². The van der Waals surface area contributed by atoms with Crippen molar-refractivity contribution in [2.24, 2.45) is 5.92 Å². The molecule has 0 aliphatic heterocycles. The second kappa shape index (κ2) is 5.56. The number of thiophene rings is 1. The highest BCUT2D eigenvalue weighted by molar-refractivity contribution is 7.18. The summed E-state index contributed by atoms with van der Waals surface area (Å²) in [6.45, 7) is 0. The molecule has 0 radical (unpaired) electrons. The zero-order valence-electron chi connectivity index (χ0n) is 12.4. The summed E-state index contributed by atoms with van der Waals surface area (Å²) in [5, 5.41) is 0.883. The largest absolute Gasteiger partial charge is 0.310 e. The van der Waals surface area contributed by atoms with Gasteiger partial charge in [-0.1, -0.05) is 32.1 Å². The first-order valence-corrected chi connectivity index (χ1v) is 9.16. The Hall–Kier alpha value is -1.16. The number of hydrogen-bond donors (Lipinski definition) is 1. The normalized spacial score (nSPS) is 19.2. The van der Waals surface area contributed by atoms with Gasteiger partial charge < -0.3 is 4.98 Å². The number of nitrogens with one attached hydrogen (secondary N) is 1. The number of aromatic amines is 1. The molecule has 0 aromatic carbocycles. The van der Waals surface area contributed by atoms with E-state index in [2.05, 4.69) is 4.98 Å². The summed E-state index contributed by atoms with van der Waals surface area (Å²) in [6, 6.07) is 0. The lowest BCUT2D eigenvalue weighted by atomic mass is 9.86. The van der Waals surface area contributed by atoms with Gasteiger partial charge in [0.15, 0.2) is 0 Å². The van der Waals surface area contributed by atoms with Crippen LogP contribution in [-0.4, -0.2) is 9.97 Å². The molecular weight excluding hydrogens is 280 g/mol. The molecule has 4 rings (SSSR count). The van der Waals surface area contributed by atoms with Gasteiger partial charge in [-0.05, 0) is 37.2 Å². The summed E-state index contributed by atoms with van der Waals surface area (Å²) in [6.07, 6.45) is 12.4. The zero-order valence-corrected chi connectivity index (χ0v) is 13.2. The Labute approximate surface area is 128 Å². The van der Waals surface area contributed by atoms with E-state index in [1.165, 1.54) is 55.4 Å². The van der Waals surface area contributed by atoms with Crippen LogP contribution in [0.1, 0.15) is 61.2 Å². The number of nitrogens with zero attached hydrogens (tertiary/aromatic N) is 1. The van der Waals surface area contributed by atoms with Crippen LogP contribution in [0.2, 0.25) is 0 Å². The van der Waals surface area contributed by atoms with Crippen LogP contribution in [0.15, 0.2) is 4.79 Å². The molecule has 3 nitrogen and oxygen atoms in total. The van der Waals surface area contributed by atoms with E-state index < -0.39 is 0 Å². The SMILES string of the molecule is O=c1[nH]c(CCC2CCCCC2)nc2sc3c(c12)CCC3. The highest BCUT2D eigenvalue weighted by Crippen LogP contribution is 2.34. The molecule has 0 atom stereocenters. The van der Waals surface area contributed by atoms with Gasteiger partial charge in [0.1, 0.15) is 10.7 Å². The predicted molar refractivity (Wildman–Crippen MR) is 87.2 cm³/mol. The third kappa shape index (κ3) is 2.54. The molecular formula is C17H22N2OS. The van der Waals surface area contributed by atoms with Crippen molar-refractivity contribution in [1.82, 2.24) is 9.97 Å². The minimum absolute atomic E-state index is 0.0954. The lowest BCUT2D eigenvalue weighted by Gasteiger charge is -2.20. The third-order valence-electron chi connectivity index (χ3n) is 5.14. The van der Waals surface area contributed by atoms with E-state index in [1.807, 2.05) is 0 Å². The van der Waals surface area contributed by atoms with Gasteiger partial charge in [0.2, 0.25) is 0 Å². The molecule has 1 N–H and O–H groups in total. The van der Waals surface area contributed by atoms with E-state index in [4.69, 9.17) is 4.98 Å². The fraction of sp³-hybridized carbons (Fsp3) is 0.647. The molecule has 2 heterocycles. The van der Waals surface area contributed by atoms with E-state index in [-0.39, 0.29) is 5.56 Å². The van der Waals surface area contributed by atoms with Gasteiger partial charge in [0.05, 0.1) is 5.39 Å². The molecule has 0 bridgehead atoms. The summed E-state index contributed by atoms with van der Waals surface area (Å²) in [7, 11) is 0. The average Bonchev–Trinajstić information content (AvgIpc) is 3.06. The Balaban J connectivity index is 1.57. The summed E-state index contributed by atoms with van der Waals surface area (Å²) in [5.41, 5.74) is 1.38. The first kappa shape index (κ1) is 13.5. The fourth-order valence-corrected chi connectivity index (χ4v) is 5.26. The molecule has 2 aliphatic rings. The second-order valence-corrected chi connectivity index (χ2v) is 7.68. The van der Waals surface area contributed by atoms with Crippen molar-refractivity contribution >= 4 is 21.6 Å². The van der Waals surface area contributed by atoms with Crippen molar-refractivity contribution in [3.63, 3.8) is 0 Å². The summed E-state index contributed by atoms with van der Waals surface area (Å²) in [4.78, 5) is 22.5. The van der Waals surface area contributed by atoms with Gasteiger partial charge in [-0.15, -0.1) is 11.3 Å². The van der Waals surface area contributed by atoms with Crippen LogP contribution < -0.4 is 5.56 Å². The molecule has 21 heavy (non-hydrogen) atoms. The number of aryl methyl sites for hydroxylation is 3. The molecule has 4 heteroatoms. The smallest absolute Gasteiger partial charge is 0.259 e. The van der Waals surface area contributed by atoms with Crippen molar-refractivity contribution in [2.75, 3.05) is 0 Å². The highest BCUT2D eigenvalue weighted by atomic mass is 32.1. The van der Waals surface area contributed by atoms with Gasteiger partial charge in [-0.3, -0.25) is 4.79 Å². The van der Waals surface area contributed by atoms with E-state index in [0.717, 1.165) is 41.2 Å². The molecule has 1 saturated carbocycles. The van der Waals surface area contributed by atoms with Gasteiger partial charge in [-0.2, -0.15) is 0 Å². The molecule has 0 saturated heterocycles. The molecule has 2 aromatic rings. The maximum absolute atomic E-state index is 12.4. The minimum atomic E-state index is 0.0954. The van der Waals surface area contributed by atoms with Gasteiger partial charge in [0.25, 0.3) is 5.56 Å². The quantitative estimate of drug-likeness (QED) is 0.932. The maximum Gasteiger partial charge on any atom is 0.259 e. The van der Waals surface area contributed by atoms with Crippen molar-refractivity contribution in [1.29, 1.82) is 0 Å². The van der Waals surface area contributed by atoms with Crippen molar-refractivity contribution in [3.05, 3.63) is 26.6 Å². The number of hydrogen-bond acceptors (Lipinski definition) is 3. The molecule has 2 aliphatic carbocycles. The number of rotatable bonds is 3. The van der Waals surface area contributed by atoms with Crippen LogP contribution >= 0.6 is 11.3 Å². The minimum Gasteiger partial charge on any atom is -0.310 e. The molecule has 112 valence electrons. The van der Waals surface area contributed by atoms with E-state index >= 15 is 0 Å². The van der Waals surface area contributed by atoms with E-state index in [9.17, 15) is 4.79 Å². The topological polar surface area (TPSA) is 45.8 Å².